The quantitative estimate of drug-likeness (QED) is 0.581. The lowest BCUT2D eigenvalue weighted by Gasteiger charge is -2.07. The summed E-state index contributed by atoms with van der Waals surface area (Å²) >= 11 is 1.06. The van der Waals surface area contributed by atoms with Crippen molar-refractivity contribution in [3.63, 3.8) is 0 Å². The van der Waals surface area contributed by atoms with Crippen LogP contribution in [-0.4, -0.2) is 43.5 Å². The standard InChI is InChI=1S/C11H17N5O3S/c12-10-14-15-11(20-6-9(18)19)16(10)5-1-2-8(17)13-7-3-4-7/h7H,1-6H2,(H2,12,14)(H,13,17)(H,18,19). The van der Waals surface area contributed by atoms with Crippen LogP contribution in [0.4, 0.5) is 5.95 Å². The number of carbonyl (C=O) groups is 2. The maximum Gasteiger partial charge on any atom is 0.313 e. The third-order valence-corrected chi connectivity index (χ3v) is 3.75. The molecule has 0 radical (unpaired) electrons. The zero-order chi connectivity index (χ0) is 14.5. The molecule has 4 N–H and O–H groups in total. The number of anilines is 1. The Bertz CT molecular complexity index is 500. The van der Waals surface area contributed by atoms with E-state index in [1.807, 2.05) is 0 Å². The molecule has 8 nitrogen and oxygen atoms in total. The Kier molecular flexibility index (Phi) is 4.83. The van der Waals surface area contributed by atoms with Crippen molar-refractivity contribution in [1.82, 2.24) is 20.1 Å². The highest BCUT2D eigenvalue weighted by Crippen LogP contribution is 2.20. The molecule has 9 heteroatoms. The van der Waals surface area contributed by atoms with Gasteiger partial charge < -0.3 is 16.2 Å². The van der Waals surface area contributed by atoms with Gasteiger partial charge in [0.15, 0.2) is 5.16 Å². The van der Waals surface area contributed by atoms with Gasteiger partial charge in [0, 0.05) is 19.0 Å². The van der Waals surface area contributed by atoms with Crippen LogP contribution < -0.4 is 11.1 Å². The van der Waals surface area contributed by atoms with E-state index in [0.717, 1.165) is 24.6 Å². The van der Waals surface area contributed by atoms with E-state index < -0.39 is 5.97 Å². The number of nitrogens with zero attached hydrogens (tertiary/aromatic N) is 3. The molecule has 110 valence electrons. The average molecular weight is 299 g/mol. The second-order valence-corrected chi connectivity index (χ2v) is 5.56. The first-order valence-corrected chi connectivity index (χ1v) is 7.37. The summed E-state index contributed by atoms with van der Waals surface area (Å²) in [6.07, 6.45) is 3.17. The summed E-state index contributed by atoms with van der Waals surface area (Å²) in [5.74, 6) is -0.744. The smallest absolute Gasteiger partial charge is 0.313 e. The zero-order valence-corrected chi connectivity index (χ0v) is 11.7. The Hall–Kier alpha value is -1.77. The van der Waals surface area contributed by atoms with Gasteiger partial charge in [-0.1, -0.05) is 11.8 Å². The van der Waals surface area contributed by atoms with Crippen molar-refractivity contribution < 1.29 is 14.7 Å². The van der Waals surface area contributed by atoms with E-state index in [1.54, 1.807) is 4.57 Å². The highest BCUT2D eigenvalue weighted by atomic mass is 32.2. The Morgan fingerprint density at radius 1 is 1.45 bits per heavy atom. The summed E-state index contributed by atoms with van der Waals surface area (Å²) in [7, 11) is 0. The number of thioether (sulfide) groups is 1. The predicted octanol–water partition coefficient (Wildman–Crippen LogP) is 0.0958. The van der Waals surface area contributed by atoms with E-state index >= 15 is 0 Å². The number of nitrogens with two attached hydrogens (primary N) is 1. The van der Waals surface area contributed by atoms with E-state index in [0.29, 0.717) is 30.6 Å². The maximum atomic E-state index is 11.5. The molecule has 1 saturated carbocycles. The SMILES string of the molecule is Nc1nnc(SCC(=O)O)n1CCCC(=O)NC1CC1. The van der Waals surface area contributed by atoms with Crippen LogP contribution in [0.15, 0.2) is 5.16 Å². The van der Waals surface area contributed by atoms with E-state index in [-0.39, 0.29) is 17.6 Å². The molecule has 1 aromatic rings. The van der Waals surface area contributed by atoms with Crippen molar-refractivity contribution in [2.45, 2.75) is 43.4 Å². The number of carbonyl (C=O) groups excluding carboxylic acids is 1. The summed E-state index contributed by atoms with van der Waals surface area (Å²) in [6, 6.07) is 0.365. The summed E-state index contributed by atoms with van der Waals surface area (Å²) in [6.45, 7) is 0.499. The molecule has 0 aliphatic heterocycles. The molecular weight excluding hydrogens is 282 g/mol. The number of carboxylic acids is 1. The minimum absolute atomic E-state index is 0.0406. The zero-order valence-electron chi connectivity index (χ0n) is 10.9. The molecule has 1 aliphatic carbocycles. The molecule has 0 unspecified atom stereocenters. The van der Waals surface area contributed by atoms with Gasteiger partial charge in [0.05, 0.1) is 5.75 Å². The van der Waals surface area contributed by atoms with Crippen LogP contribution in [0.5, 0.6) is 0 Å². The summed E-state index contributed by atoms with van der Waals surface area (Å²) in [5, 5.41) is 19.6. The fourth-order valence-corrected chi connectivity index (χ4v) is 2.36. The average Bonchev–Trinajstić information content (AvgIpc) is 3.12. The Balaban J connectivity index is 1.79. The van der Waals surface area contributed by atoms with E-state index in [2.05, 4.69) is 15.5 Å². The first-order valence-electron chi connectivity index (χ1n) is 6.39. The van der Waals surface area contributed by atoms with E-state index in [9.17, 15) is 9.59 Å². The lowest BCUT2D eigenvalue weighted by atomic mass is 10.3. The largest absolute Gasteiger partial charge is 0.481 e. The lowest BCUT2D eigenvalue weighted by molar-refractivity contribution is -0.134. The molecule has 1 aliphatic rings. The second-order valence-electron chi connectivity index (χ2n) is 4.62. The van der Waals surface area contributed by atoms with Crippen molar-refractivity contribution in [3.8, 4) is 0 Å². The molecule has 1 aromatic heterocycles. The minimum atomic E-state index is -0.924. The van der Waals surface area contributed by atoms with Crippen LogP contribution in [0.2, 0.25) is 0 Å². The Morgan fingerprint density at radius 3 is 2.85 bits per heavy atom. The molecule has 1 fully saturated rings. The predicted molar refractivity (Wildman–Crippen MR) is 73.2 cm³/mol. The van der Waals surface area contributed by atoms with Gasteiger partial charge >= 0.3 is 5.97 Å². The molecule has 0 saturated heterocycles. The number of nitrogen functional groups attached to an aromatic ring is 1. The number of hydrogen-bond donors (Lipinski definition) is 3. The second kappa shape index (κ2) is 6.60. The highest BCUT2D eigenvalue weighted by Gasteiger charge is 2.22. The van der Waals surface area contributed by atoms with Gasteiger partial charge in [0.25, 0.3) is 0 Å². The maximum absolute atomic E-state index is 11.5. The van der Waals surface area contributed by atoms with Gasteiger partial charge in [-0.2, -0.15) is 0 Å². The molecule has 0 atom stereocenters. The fraction of sp³-hybridized carbons (Fsp3) is 0.636. The van der Waals surface area contributed by atoms with Crippen molar-refractivity contribution >= 4 is 29.6 Å². The van der Waals surface area contributed by atoms with Crippen LogP contribution in [0.1, 0.15) is 25.7 Å². The number of hydrogen-bond acceptors (Lipinski definition) is 6. The number of aliphatic carboxylic acids is 1. The molecular formula is C11H17N5O3S. The fourth-order valence-electron chi connectivity index (χ4n) is 1.67. The molecule has 20 heavy (non-hydrogen) atoms. The monoisotopic (exact) mass is 299 g/mol. The van der Waals surface area contributed by atoms with E-state index in [1.165, 1.54) is 0 Å². The van der Waals surface area contributed by atoms with Gasteiger partial charge in [-0.25, -0.2) is 0 Å². The summed E-state index contributed by atoms with van der Waals surface area (Å²) in [4.78, 5) is 22.1. The van der Waals surface area contributed by atoms with Crippen molar-refractivity contribution in [1.29, 1.82) is 0 Å². The molecule has 1 amide bonds. The summed E-state index contributed by atoms with van der Waals surface area (Å²) < 4.78 is 1.64. The third kappa shape index (κ3) is 4.41. The van der Waals surface area contributed by atoms with Crippen LogP contribution in [-0.2, 0) is 16.1 Å². The van der Waals surface area contributed by atoms with Gasteiger partial charge in [-0.15, -0.1) is 10.2 Å². The number of carboxylic acid groups (broad SMARTS) is 1. The summed E-state index contributed by atoms with van der Waals surface area (Å²) in [5.41, 5.74) is 5.68. The van der Waals surface area contributed by atoms with Crippen LogP contribution >= 0.6 is 11.8 Å². The lowest BCUT2D eigenvalue weighted by Crippen LogP contribution is -2.25. The third-order valence-electron chi connectivity index (χ3n) is 2.80. The number of aromatic nitrogens is 3. The molecule has 0 bridgehead atoms. The minimum Gasteiger partial charge on any atom is -0.481 e. The number of amides is 1. The Morgan fingerprint density at radius 2 is 2.20 bits per heavy atom. The molecule has 0 aromatic carbocycles. The normalized spacial score (nSPS) is 14.2. The molecule has 2 rings (SSSR count). The Labute approximate surface area is 120 Å². The van der Waals surface area contributed by atoms with Gasteiger partial charge in [-0.3, -0.25) is 14.2 Å². The van der Waals surface area contributed by atoms with Crippen molar-refractivity contribution in [3.05, 3.63) is 0 Å². The highest BCUT2D eigenvalue weighted by molar-refractivity contribution is 7.99. The molecule has 0 spiro atoms. The van der Waals surface area contributed by atoms with E-state index in [4.69, 9.17) is 10.8 Å². The van der Waals surface area contributed by atoms with Crippen LogP contribution in [0, 0.1) is 0 Å². The first-order chi connectivity index (χ1) is 9.56. The number of nitrogens with one attached hydrogen (secondary N) is 1. The van der Waals surface area contributed by atoms with Crippen LogP contribution in [0.3, 0.4) is 0 Å². The molecule has 1 heterocycles. The van der Waals surface area contributed by atoms with Gasteiger partial charge in [0.2, 0.25) is 11.9 Å². The van der Waals surface area contributed by atoms with Crippen molar-refractivity contribution in [2.75, 3.05) is 11.5 Å². The number of rotatable bonds is 8. The van der Waals surface area contributed by atoms with Gasteiger partial charge in [-0.05, 0) is 19.3 Å². The van der Waals surface area contributed by atoms with Gasteiger partial charge in [0.1, 0.15) is 0 Å². The van der Waals surface area contributed by atoms with Crippen molar-refractivity contribution in [2.24, 2.45) is 0 Å². The first kappa shape index (κ1) is 14.6. The topological polar surface area (TPSA) is 123 Å². The van der Waals surface area contributed by atoms with Crippen LogP contribution in [0.25, 0.3) is 0 Å².